The molecule has 18 heteroatoms. The number of imide groups is 2. The zero-order valence-corrected chi connectivity index (χ0v) is 37.5. The van der Waals surface area contributed by atoms with E-state index in [9.17, 15) is 37.2 Å². The predicted octanol–water partition coefficient (Wildman–Crippen LogP) is 5.56. The standard InChI is InChI=1S/C46H51N5O11S2/c1-4-61-38-22-29(15-19-37(38)60-2)36(27-64(3,58)59)51-45(56)31-10-9-11-34(42(31)46(51)57)48-40(52)12-7-5-6-8-21-47-23-28-13-16-30(17-14-28)62-25-39-32-24-50(44(55)33(32)26-63-39)35-18-20-41(53)49-43(35)54/h9-11,13-17,19,22,26,35-36,47H,4-8,12,18,20-21,23-25,27H2,1-3H3,(H,48,52)(H,49,53,54)/t35?,36-/m1/s1. The first-order chi connectivity index (χ1) is 30.8. The van der Waals surface area contributed by atoms with Crippen molar-refractivity contribution < 1.29 is 51.4 Å². The van der Waals surface area contributed by atoms with Crippen LogP contribution in [0.4, 0.5) is 5.69 Å². The van der Waals surface area contributed by atoms with E-state index in [1.165, 1.54) is 24.5 Å². The lowest BCUT2D eigenvalue weighted by Gasteiger charge is -2.29. The molecule has 4 heterocycles. The maximum absolute atomic E-state index is 14.0. The van der Waals surface area contributed by atoms with E-state index in [0.29, 0.717) is 67.5 Å². The summed E-state index contributed by atoms with van der Waals surface area (Å²) in [6.45, 7) is 4.16. The molecule has 0 spiro atoms. The Balaban J connectivity index is 0.826. The van der Waals surface area contributed by atoms with Crippen LogP contribution in [0.15, 0.2) is 66.0 Å². The fourth-order valence-corrected chi connectivity index (χ4v) is 10.0. The van der Waals surface area contributed by atoms with E-state index in [0.717, 1.165) is 53.0 Å². The van der Waals surface area contributed by atoms with Gasteiger partial charge in [0.1, 0.15) is 28.2 Å². The van der Waals surface area contributed by atoms with Crippen LogP contribution in [0.5, 0.6) is 17.2 Å². The van der Waals surface area contributed by atoms with Crippen LogP contribution in [-0.4, -0.2) is 92.0 Å². The Bertz CT molecular complexity index is 2560. The van der Waals surface area contributed by atoms with Gasteiger partial charge in [-0.05, 0) is 80.3 Å². The minimum atomic E-state index is -3.68. The number of nitrogens with one attached hydrogen (secondary N) is 3. The highest BCUT2D eigenvalue weighted by molar-refractivity contribution is 7.90. The quantitative estimate of drug-likeness (QED) is 0.0695. The maximum atomic E-state index is 14.0. The van der Waals surface area contributed by atoms with Gasteiger partial charge in [0, 0.05) is 48.0 Å². The Hall–Kier alpha value is -6.11. The number of fused-ring (bicyclic) bond motifs is 2. The number of thiophene rings is 1. The summed E-state index contributed by atoms with van der Waals surface area (Å²) in [5, 5.41) is 10.4. The van der Waals surface area contributed by atoms with Crippen molar-refractivity contribution in [2.24, 2.45) is 0 Å². The van der Waals surface area contributed by atoms with E-state index in [4.69, 9.17) is 14.2 Å². The second-order valence-electron chi connectivity index (χ2n) is 15.9. The van der Waals surface area contributed by atoms with E-state index < -0.39 is 45.4 Å². The summed E-state index contributed by atoms with van der Waals surface area (Å²) < 4.78 is 42.3. The number of unbranched alkanes of at least 4 members (excludes halogenated alkanes) is 3. The number of piperidine rings is 1. The molecule has 2 atom stereocenters. The van der Waals surface area contributed by atoms with Gasteiger partial charge < -0.3 is 29.7 Å². The van der Waals surface area contributed by atoms with E-state index in [1.54, 1.807) is 47.5 Å². The minimum absolute atomic E-state index is 0.0210. The number of ether oxygens (including phenoxy) is 3. The summed E-state index contributed by atoms with van der Waals surface area (Å²) in [6.07, 6.45) is 5.03. The molecular weight excluding hydrogens is 863 g/mol. The number of amides is 6. The lowest BCUT2D eigenvalue weighted by molar-refractivity contribution is -0.137. The van der Waals surface area contributed by atoms with Gasteiger partial charge in [-0.2, -0.15) is 0 Å². The van der Waals surface area contributed by atoms with Gasteiger partial charge in [0.15, 0.2) is 11.5 Å². The van der Waals surface area contributed by atoms with Gasteiger partial charge in [-0.25, -0.2) is 8.42 Å². The van der Waals surface area contributed by atoms with Gasteiger partial charge in [-0.15, -0.1) is 11.3 Å². The molecule has 0 aliphatic carbocycles. The van der Waals surface area contributed by atoms with Crippen LogP contribution in [0.2, 0.25) is 0 Å². The summed E-state index contributed by atoms with van der Waals surface area (Å²) in [7, 11) is -2.21. The summed E-state index contributed by atoms with van der Waals surface area (Å²) >= 11 is 1.46. The molecule has 1 fully saturated rings. The molecule has 1 unspecified atom stereocenters. The van der Waals surface area contributed by atoms with Crippen molar-refractivity contribution in [2.45, 2.75) is 83.6 Å². The molecule has 3 aliphatic heterocycles. The number of carbonyl (C=O) groups is 6. The number of rotatable bonds is 21. The Labute approximate surface area is 375 Å². The topological polar surface area (TPSA) is 207 Å². The first-order valence-corrected chi connectivity index (χ1v) is 24.2. The molecular formula is C46H51N5O11S2. The van der Waals surface area contributed by atoms with Gasteiger partial charge in [-0.3, -0.25) is 39.0 Å². The second-order valence-corrected chi connectivity index (χ2v) is 19.1. The molecule has 1 aromatic heterocycles. The van der Waals surface area contributed by atoms with Crippen molar-refractivity contribution in [3.8, 4) is 17.2 Å². The summed E-state index contributed by atoms with van der Waals surface area (Å²) in [4.78, 5) is 81.2. The zero-order valence-electron chi connectivity index (χ0n) is 35.9. The molecule has 0 saturated carbocycles. The largest absolute Gasteiger partial charge is 0.493 e. The predicted molar refractivity (Wildman–Crippen MR) is 238 cm³/mol. The van der Waals surface area contributed by atoms with Crippen molar-refractivity contribution in [3.63, 3.8) is 0 Å². The Morgan fingerprint density at radius 1 is 0.922 bits per heavy atom. The monoisotopic (exact) mass is 913 g/mol. The van der Waals surface area contributed by atoms with Crippen LogP contribution < -0.4 is 30.2 Å². The Morgan fingerprint density at radius 3 is 2.44 bits per heavy atom. The van der Waals surface area contributed by atoms with Gasteiger partial charge >= 0.3 is 0 Å². The van der Waals surface area contributed by atoms with Crippen LogP contribution in [0, 0.1) is 0 Å². The van der Waals surface area contributed by atoms with Crippen molar-refractivity contribution >= 4 is 62.3 Å². The van der Waals surface area contributed by atoms with Crippen molar-refractivity contribution in [1.29, 1.82) is 0 Å². The highest BCUT2D eigenvalue weighted by Gasteiger charge is 2.44. The third kappa shape index (κ3) is 10.5. The van der Waals surface area contributed by atoms with Crippen molar-refractivity contribution in [3.05, 3.63) is 104 Å². The zero-order chi connectivity index (χ0) is 45.5. The molecule has 338 valence electrons. The van der Waals surface area contributed by atoms with Crippen molar-refractivity contribution in [1.82, 2.24) is 20.4 Å². The number of anilines is 1. The highest BCUT2D eigenvalue weighted by Crippen LogP contribution is 2.39. The fourth-order valence-electron chi connectivity index (χ4n) is 8.18. The Kier molecular flexibility index (Phi) is 14.5. The lowest BCUT2D eigenvalue weighted by Crippen LogP contribution is -2.52. The molecule has 3 aromatic carbocycles. The smallest absolute Gasteiger partial charge is 0.264 e. The summed E-state index contributed by atoms with van der Waals surface area (Å²) in [5.41, 5.74) is 3.21. The molecule has 7 rings (SSSR count). The number of carbonyl (C=O) groups excluding carboxylic acids is 6. The van der Waals surface area contributed by atoms with Crippen LogP contribution >= 0.6 is 11.3 Å². The number of hydrogen-bond acceptors (Lipinski definition) is 13. The van der Waals surface area contributed by atoms with Crippen LogP contribution in [0.3, 0.4) is 0 Å². The van der Waals surface area contributed by atoms with Crippen LogP contribution in [0.1, 0.15) is 111 Å². The average Bonchev–Trinajstić information content (AvgIpc) is 3.90. The molecule has 1 saturated heterocycles. The molecule has 6 amide bonds. The average molecular weight is 914 g/mol. The molecule has 64 heavy (non-hydrogen) atoms. The second kappa shape index (κ2) is 20.2. The van der Waals surface area contributed by atoms with Gasteiger partial charge in [0.05, 0.1) is 47.9 Å². The van der Waals surface area contributed by atoms with Gasteiger partial charge in [0.2, 0.25) is 17.7 Å². The van der Waals surface area contributed by atoms with Gasteiger partial charge in [-0.1, -0.05) is 37.1 Å². The van der Waals surface area contributed by atoms with Crippen LogP contribution in [0.25, 0.3) is 0 Å². The third-order valence-corrected chi connectivity index (χ3v) is 13.3. The minimum Gasteiger partial charge on any atom is -0.493 e. The first-order valence-electron chi connectivity index (χ1n) is 21.2. The number of benzene rings is 3. The van der Waals surface area contributed by atoms with E-state index >= 15 is 0 Å². The molecule has 3 aliphatic rings. The number of nitrogens with zero attached hydrogens (tertiary/aromatic N) is 2. The highest BCUT2D eigenvalue weighted by atomic mass is 32.2. The summed E-state index contributed by atoms with van der Waals surface area (Å²) in [5.74, 6) is -1.66. The van der Waals surface area contributed by atoms with Gasteiger partial charge in [0.25, 0.3) is 17.7 Å². The third-order valence-electron chi connectivity index (χ3n) is 11.4. The van der Waals surface area contributed by atoms with E-state index in [1.807, 2.05) is 24.3 Å². The normalized spacial score (nSPS) is 16.4. The molecule has 0 radical (unpaired) electrons. The van der Waals surface area contributed by atoms with Crippen LogP contribution in [-0.2, 0) is 43.9 Å². The lowest BCUT2D eigenvalue weighted by atomic mass is 10.0. The number of sulfone groups is 1. The summed E-state index contributed by atoms with van der Waals surface area (Å²) in [6, 6.07) is 15.4. The molecule has 3 N–H and O–H groups in total. The SMILES string of the molecule is CCOc1cc([C@@H](CS(C)(=O)=O)N2C(=O)c3cccc(NC(=O)CCCCCCNCc4ccc(OCc5scc6c5CN(C5CCC(=O)NC5=O)C6=O)cc4)c3C2=O)ccc1OC. The molecule has 0 bridgehead atoms. The van der Waals surface area contributed by atoms with E-state index in [-0.39, 0.29) is 47.4 Å². The van der Waals surface area contributed by atoms with E-state index in [2.05, 4.69) is 16.0 Å². The fraction of sp³-hybridized carbons (Fsp3) is 0.391. The molecule has 16 nitrogen and oxygen atoms in total. The maximum Gasteiger partial charge on any atom is 0.264 e. The molecule has 4 aromatic rings. The Morgan fingerprint density at radius 2 is 1.70 bits per heavy atom. The number of hydrogen-bond donors (Lipinski definition) is 3. The number of methoxy groups -OCH3 is 1. The first kappa shape index (κ1) is 45.9. The van der Waals surface area contributed by atoms with Crippen molar-refractivity contribution in [2.75, 3.05) is 37.6 Å².